The smallest absolute Gasteiger partial charge is 0.137 e. The number of ether oxygens (including phenoxy) is 1. The van der Waals surface area contributed by atoms with E-state index in [0.29, 0.717) is 6.04 Å². The lowest BCUT2D eigenvalue weighted by Crippen LogP contribution is -2.29. The van der Waals surface area contributed by atoms with Crippen LogP contribution < -0.4 is 5.32 Å². The van der Waals surface area contributed by atoms with E-state index in [9.17, 15) is 0 Å². The molecule has 0 aliphatic heterocycles. The van der Waals surface area contributed by atoms with E-state index in [-0.39, 0.29) is 0 Å². The molecule has 1 N–H and O–H groups in total. The van der Waals surface area contributed by atoms with Gasteiger partial charge in [-0.1, -0.05) is 5.16 Å². The predicted octanol–water partition coefficient (Wildman–Crippen LogP) is 1.85. The van der Waals surface area contributed by atoms with E-state index in [1.807, 2.05) is 13.8 Å². The topological polar surface area (TPSA) is 47.3 Å². The maximum absolute atomic E-state index is 5.12. The number of rotatable bonds is 7. The minimum absolute atomic E-state index is 0.487. The van der Waals surface area contributed by atoms with Gasteiger partial charge in [-0.3, -0.25) is 0 Å². The number of aromatic nitrogens is 1. The molecule has 1 aromatic heterocycles. The lowest BCUT2D eigenvalue weighted by molar-refractivity contribution is 0.185. The number of hydrogen-bond acceptors (Lipinski definition) is 4. The third-order valence-electron chi connectivity index (χ3n) is 2.80. The highest BCUT2D eigenvalue weighted by Gasteiger charge is 2.08. The summed E-state index contributed by atoms with van der Waals surface area (Å²) in [5, 5.41) is 7.40. The Balaban J connectivity index is 2.25. The van der Waals surface area contributed by atoms with Gasteiger partial charge in [-0.25, -0.2) is 0 Å². The van der Waals surface area contributed by atoms with Gasteiger partial charge in [0.2, 0.25) is 0 Å². The van der Waals surface area contributed by atoms with Crippen LogP contribution in [0.1, 0.15) is 30.4 Å². The molecule has 0 bridgehead atoms. The fraction of sp³-hybridized carbons (Fsp3) is 0.750. The van der Waals surface area contributed by atoms with E-state index < -0.39 is 0 Å². The first-order chi connectivity index (χ1) is 7.65. The second-order valence-electron chi connectivity index (χ2n) is 4.19. The largest absolute Gasteiger partial charge is 0.385 e. The Morgan fingerprint density at radius 2 is 2.19 bits per heavy atom. The lowest BCUT2D eigenvalue weighted by atomic mass is 10.1. The van der Waals surface area contributed by atoms with Crippen molar-refractivity contribution >= 4 is 0 Å². The minimum Gasteiger partial charge on any atom is -0.385 e. The Labute approximate surface area is 97.3 Å². The van der Waals surface area contributed by atoms with Crippen molar-refractivity contribution in [2.45, 2.75) is 39.7 Å². The van der Waals surface area contributed by atoms with E-state index in [4.69, 9.17) is 9.26 Å². The molecule has 0 fully saturated rings. The maximum atomic E-state index is 5.12. The SMILES string of the molecule is COCCC(C)NCCc1c(C)noc1C. The van der Waals surface area contributed by atoms with Gasteiger partial charge in [-0.15, -0.1) is 0 Å². The lowest BCUT2D eigenvalue weighted by Gasteiger charge is -2.12. The number of nitrogens with zero attached hydrogens (tertiary/aromatic N) is 1. The summed E-state index contributed by atoms with van der Waals surface area (Å²) in [5.41, 5.74) is 2.23. The third kappa shape index (κ3) is 3.94. The summed E-state index contributed by atoms with van der Waals surface area (Å²) in [7, 11) is 1.73. The summed E-state index contributed by atoms with van der Waals surface area (Å²) in [6.45, 7) is 7.88. The van der Waals surface area contributed by atoms with E-state index in [2.05, 4.69) is 17.4 Å². The summed E-state index contributed by atoms with van der Waals surface area (Å²) in [4.78, 5) is 0. The molecule has 1 heterocycles. The van der Waals surface area contributed by atoms with E-state index in [1.165, 1.54) is 5.56 Å². The van der Waals surface area contributed by atoms with Gasteiger partial charge in [-0.05, 0) is 40.2 Å². The molecular formula is C12H22N2O2. The molecular weight excluding hydrogens is 204 g/mol. The van der Waals surface area contributed by atoms with E-state index in [1.54, 1.807) is 7.11 Å². The van der Waals surface area contributed by atoms with Crippen molar-refractivity contribution in [3.63, 3.8) is 0 Å². The molecule has 0 spiro atoms. The number of methoxy groups -OCH3 is 1. The minimum atomic E-state index is 0.487. The van der Waals surface area contributed by atoms with Gasteiger partial charge in [0.05, 0.1) is 5.69 Å². The van der Waals surface area contributed by atoms with Crippen LogP contribution in [0.4, 0.5) is 0 Å². The van der Waals surface area contributed by atoms with Gasteiger partial charge in [0.25, 0.3) is 0 Å². The highest BCUT2D eigenvalue weighted by Crippen LogP contribution is 2.12. The quantitative estimate of drug-likeness (QED) is 0.770. The van der Waals surface area contributed by atoms with Crippen LogP contribution >= 0.6 is 0 Å². The second kappa shape index (κ2) is 6.66. The molecule has 0 radical (unpaired) electrons. The summed E-state index contributed by atoms with van der Waals surface area (Å²) in [6.07, 6.45) is 2.01. The second-order valence-corrected chi connectivity index (χ2v) is 4.19. The molecule has 0 saturated heterocycles. The first-order valence-corrected chi connectivity index (χ1v) is 5.79. The first kappa shape index (κ1) is 13.2. The fourth-order valence-corrected chi connectivity index (χ4v) is 1.70. The molecule has 1 rings (SSSR count). The molecule has 92 valence electrons. The molecule has 0 amide bonds. The molecule has 0 aliphatic rings. The number of aryl methyl sites for hydroxylation is 2. The summed E-state index contributed by atoms with van der Waals surface area (Å²) in [5.74, 6) is 0.934. The van der Waals surface area contributed by atoms with Crippen LogP contribution in [-0.2, 0) is 11.2 Å². The average molecular weight is 226 g/mol. The van der Waals surface area contributed by atoms with Crippen LogP contribution in [-0.4, -0.2) is 31.5 Å². The number of nitrogens with one attached hydrogen (secondary N) is 1. The van der Waals surface area contributed by atoms with Crippen molar-refractivity contribution in [2.24, 2.45) is 0 Å². The van der Waals surface area contributed by atoms with Crippen LogP contribution in [0.25, 0.3) is 0 Å². The van der Waals surface area contributed by atoms with Crippen molar-refractivity contribution in [2.75, 3.05) is 20.3 Å². The first-order valence-electron chi connectivity index (χ1n) is 5.79. The molecule has 0 aromatic carbocycles. The normalized spacial score (nSPS) is 13.0. The summed E-state index contributed by atoms with van der Waals surface area (Å²) in [6, 6.07) is 0.487. The molecule has 1 atom stereocenters. The van der Waals surface area contributed by atoms with Crippen molar-refractivity contribution in [1.29, 1.82) is 0 Å². The Kier molecular flexibility index (Phi) is 5.49. The Hall–Kier alpha value is -0.870. The molecule has 16 heavy (non-hydrogen) atoms. The monoisotopic (exact) mass is 226 g/mol. The van der Waals surface area contributed by atoms with Gasteiger partial charge >= 0.3 is 0 Å². The highest BCUT2D eigenvalue weighted by molar-refractivity contribution is 5.20. The van der Waals surface area contributed by atoms with Gasteiger partial charge in [0.1, 0.15) is 5.76 Å². The standard InChI is InChI=1S/C12H22N2O2/c1-9(6-8-15-4)13-7-5-12-10(2)14-16-11(12)3/h9,13H,5-8H2,1-4H3. The summed E-state index contributed by atoms with van der Waals surface area (Å²) < 4.78 is 10.2. The van der Waals surface area contributed by atoms with E-state index >= 15 is 0 Å². The fourth-order valence-electron chi connectivity index (χ4n) is 1.70. The van der Waals surface area contributed by atoms with Gasteiger partial charge in [0.15, 0.2) is 0 Å². The van der Waals surface area contributed by atoms with Crippen LogP contribution in [0.2, 0.25) is 0 Å². The molecule has 0 saturated carbocycles. The van der Waals surface area contributed by atoms with Gasteiger partial charge < -0.3 is 14.6 Å². The molecule has 4 nitrogen and oxygen atoms in total. The van der Waals surface area contributed by atoms with Crippen molar-refractivity contribution in [3.05, 3.63) is 17.0 Å². The maximum Gasteiger partial charge on any atom is 0.137 e. The van der Waals surface area contributed by atoms with Crippen LogP contribution in [0.3, 0.4) is 0 Å². The van der Waals surface area contributed by atoms with Gasteiger partial charge in [-0.2, -0.15) is 0 Å². The molecule has 1 unspecified atom stereocenters. The Morgan fingerprint density at radius 1 is 1.44 bits per heavy atom. The molecule has 4 heteroatoms. The Bertz CT molecular complexity index is 290. The van der Waals surface area contributed by atoms with Crippen LogP contribution in [0.5, 0.6) is 0 Å². The molecule has 0 aliphatic carbocycles. The van der Waals surface area contributed by atoms with Crippen LogP contribution in [0, 0.1) is 13.8 Å². The zero-order valence-electron chi connectivity index (χ0n) is 10.7. The number of hydrogen-bond donors (Lipinski definition) is 1. The Morgan fingerprint density at radius 3 is 2.75 bits per heavy atom. The third-order valence-corrected chi connectivity index (χ3v) is 2.80. The van der Waals surface area contributed by atoms with Crippen molar-refractivity contribution < 1.29 is 9.26 Å². The zero-order valence-corrected chi connectivity index (χ0v) is 10.7. The van der Waals surface area contributed by atoms with Crippen LogP contribution in [0.15, 0.2) is 4.52 Å². The van der Waals surface area contributed by atoms with E-state index in [0.717, 1.165) is 37.4 Å². The average Bonchev–Trinajstić information content (AvgIpc) is 2.57. The van der Waals surface area contributed by atoms with Crippen molar-refractivity contribution in [3.8, 4) is 0 Å². The predicted molar refractivity (Wildman–Crippen MR) is 63.6 cm³/mol. The highest BCUT2D eigenvalue weighted by atomic mass is 16.5. The molecule has 1 aromatic rings. The summed E-state index contributed by atoms with van der Waals surface area (Å²) >= 11 is 0. The van der Waals surface area contributed by atoms with Crippen molar-refractivity contribution in [1.82, 2.24) is 10.5 Å². The van der Waals surface area contributed by atoms with Gasteiger partial charge in [0, 0.05) is 25.3 Å². The zero-order chi connectivity index (χ0) is 12.0.